The number of fused-ring (bicyclic) bond motifs is 4. The Morgan fingerprint density at radius 2 is 1.74 bits per heavy atom. The molecule has 2 saturated heterocycles. The van der Waals surface area contributed by atoms with Crippen LogP contribution in [0.25, 0.3) is 11.1 Å². The Labute approximate surface area is 202 Å². The summed E-state index contributed by atoms with van der Waals surface area (Å²) in [5.74, 6) is 1.81. The molecule has 1 atom stereocenters. The molecule has 7 rings (SSSR count). The first-order valence-electron chi connectivity index (χ1n) is 11.9. The number of nitrogens with two attached hydrogens (primary N) is 1. The molecule has 4 aliphatic heterocycles. The van der Waals surface area contributed by atoms with Gasteiger partial charge in [-0.25, -0.2) is 9.98 Å². The molecule has 2 fully saturated rings. The van der Waals surface area contributed by atoms with Gasteiger partial charge >= 0.3 is 0 Å². The van der Waals surface area contributed by atoms with Crippen LogP contribution in [0.3, 0.4) is 0 Å². The average molecular weight is 472 g/mol. The fraction of sp³-hybridized carbons (Fsp3) is 0.346. The fourth-order valence-corrected chi connectivity index (χ4v) is 5.50. The van der Waals surface area contributed by atoms with Crippen LogP contribution in [-0.4, -0.2) is 54.7 Å². The lowest BCUT2D eigenvalue weighted by atomic mass is 9.80. The summed E-state index contributed by atoms with van der Waals surface area (Å²) < 4.78 is 23.8. The van der Waals surface area contributed by atoms with Gasteiger partial charge in [-0.2, -0.15) is 0 Å². The van der Waals surface area contributed by atoms with E-state index in [-0.39, 0.29) is 6.02 Å². The normalized spacial score (nSPS) is 24.0. The number of nitrogens with zero attached hydrogens (tertiary/aromatic N) is 4. The highest BCUT2D eigenvalue weighted by molar-refractivity contribution is 5.78. The van der Waals surface area contributed by atoms with Gasteiger partial charge in [0.15, 0.2) is 17.1 Å². The SMILES string of the molecule is NC1=N[C@@]2(CO1)c1cc(-c3cccnc3)ccc1Oc1cnc(N3CCC4(CC3)OCCO4)cc12. The molecule has 2 aromatic heterocycles. The minimum Gasteiger partial charge on any atom is -0.462 e. The zero-order valence-electron chi connectivity index (χ0n) is 19.1. The van der Waals surface area contributed by atoms with Crippen molar-refractivity contribution in [1.29, 1.82) is 0 Å². The first-order chi connectivity index (χ1) is 17.1. The van der Waals surface area contributed by atoms with Crippen LogP contribution in [0.4, 0.5) is 5.82 Å². The van der Waals surface area contributed by atoms with Crippen molar-refractivity contribution in [3.8, 4) is 22.6 Å². The zero-order chi connectivity index (χ0) is 23.5. The maximum atomic E-state index is 6.31. The van der Waals surface area contributed by atoms with Crippen molar-refractivity contribution < 1.29 is 18.9 Å². The molecule has 0 aliphatic carbocycles. The van der Waals surface area contributed by atoms with Gasteiger partial charge < -0.3 is 29.6 Å². The van der Waals surface area contributed by atoms with E-state index in [4.69, 9.17) is 34.7 Å². The molecule has 1 aromatic carbocycles. The third-order valence-electron chi connectivity index (χ3n) is 7.33. The van der Waals surface area contributed by atoms with E-state index in [0.717, 1.165) is 59.8 Å². The number of pyridine rings is 2. The van der Waals surface area contributed by atoms with E-state index in [9.17, 15) is 0 Å². The van der Waals surface area contributed by atoms with Crippen molar-refractivity contribution in [2.24, 2.45) is 10.7 Å². The van der Waals surface area contributed by atoms with Crippen LogP contribution >= 0.6 is 0 Å². The first kappa shape index (κ1) is 20.7. The second-order valence-electron chi connectivity index (χ2n) is 9.29. The quantitative estimate of drug-likeness (QED) is 0.608. The van der Waals surface area contributed by atoms with E-state index < -0.39 is 11.3 Å². The summed E-state index contributed by atoms with van der Waals surface area (Å²) in [6, 6.07) is 12.3. The largest absolute Gasteiger partial charge is 0.462 e. The number of amidine groups is 1. The predicted octanol–water partition coefficient (Wildman–Crippen LogP) is 3.18. The molecule has 0 saturated carbocycles. The highest BCUT2D eigenvalue weighted by Gasteiger charge is 2.48. The molecule has 6 heterocycles. The van der Waals surface area contributed by atoms with Crippen molar-refractivity contribution in [3.05, 3.63) is 66.1 Å². The topological polar surface area (TPSA) is 104 Å². The number of hydrogen-bond donors (Lipinski definition) is 1. The molecule has 2 spiro atoms. The summed E-state index contributed by atoms with van der Waals surface area (Å²) in [4.78, 5) is 16.1. The van der Waals surface area contributed by atoms with Crippen LogP contribution in [0, 0.1) is 0 Å². The van der Waals surface area contributed by atoms with Gasteiger partial charge in [-0.1, -0.05) is 12.1 Å². The van der Waals surface area contributed by atoms with E-state index in [1.807, 2.05) is 30.5 Å². The summed E-state index contributed by atoms with van der Waals surface area (Å²) in [5, 5.41) is 0. The molecule has 2 N–H and O–H groups in total. The highest BCUT2D eigenvalue weighted by atomic mass is 16.7. The molecule has 0 amide bonds. The monoisotopic (exact) mass is 471 g/mol. The van der Waals surface area contributed by atoms with Gasteiger partial charge in [-0.05, 0) is 29.8 Å². The van der Waals surface area contributed by atoms with Crippen LogP contribution in [0.15, 0.2) is 60.0 Å². The maximum Gasteiger partial charge on any atom is 0.283 e. The Hall–Kier alpha value is -3.69. The van der Waals surface area contributed by atoms with E-state index in [1.54, 1.807) is 12.4 Å². The van der Waals surface area contributed by atoms with Crippen LogP contribution in [0.2, 0.25) is 0 Å². The Morgan fingerprint density at radius 3 is 2.49 bits per heavy atom. The molecular formula is C26H25N5O4. The lowest BCUT2D eigenvalue weighted by molar-refractivity contribution is -0.169. The summed E-state index contributed by atoms with van der Waals surface area (Å²) >= 11 is 0. The second kappa shape index (κ2) is 7.66. The lowest BCUT2D eigenvalue weighted by Gasteiger charge is -2.39. The molecular weight excluding hydrogens is 446 g/mol. The number of ether oxygens (including phenoxy) is 4. The lowest BCUT2D eigenvalue weighted by Crippen LogP contribution is -2.45. The number of rotatable bonds is 2. The molecule has 9 nitrogen and oxygen atoms in total. The minimum absolute atomic E-state index is 0.171. The van der Waals surface area contributed by atoms with Gasteiger partial charge in [0.25, 0.3) is 6.02 Å². The first-order valence-corrected chi connectivity index (χ1v) is 11.9. The summed E-state index contributed by atoms with van der Waals surface area (Å²) in [5.41, 5.74) is 9.11. The Kier molecular flexibility index (Phi) is 4.52. The molecule has 0 radical (unpaired) electrons. The molecule has 3 aromatic rings. The third-order valence-corrected chi connectivity index (χ3v) is 7.33. The van der Waals surface area contributed by atoms with Gasteiger partial charge in [-0.3, -0.25) is 4.98 Å². The molecule has 35 heavy (non-hydrogen) atoms. The third kappa shape index (κ3) is 3.26. The summed E-state index contributed by atoms with van der Waals surface area (Å²) in [7, 11) is 0. The summed E-state index contributed by atoms with van der Waals surface area (Å²) in [6.07, 6.45) is 7.00. The zero-order valence-corrected chi connectivity index (χ0v) is 19.1. The standard InChI is InChI=1S/C26H25N5O4/c27-24-30-26(16-32-24)19-12-17(18-2-1-7-28-14-18)3-4-21(19)35-22-15-29-23(13-20(22)26)31-8-5-25(6-9-31)33-10-11-34-25/h1-4,7,12-15H,5-6,8-11,16H2,(H2,27,30)/t26-/m0/s1. The number of hydrogen-bond acceptors (Lipinski definition) is 9. The van der Waals surface area contributed by atoms with Crippen LogP contribution in [0.5, 0.6) is 11.5 Å². The average Bonchev–Trinajstić information content (AvgIpc) is 3.52. The van der Waals surface area contributed by atoms with Crippen molar-refractivity contribution in [2.45, 2.75) is 24.2 Å². The minimum atomic E-state index is -0.808. The van der Waals surface area contributed by atoms with Crippen LogP contribution in [-0.2, 0) is 19.7 Å². The number of piperidine rings is 1. The number of aromatic nitrogens is 2. The van der Waals surface area contributed by atoms with Crippen LogP contribution < -0.4 is 15.4 Å². The van der Waals surface area contributed by atoms with E-state index in [1.165, 1.54) is 0 Å². The molecule has 9 heteroatoms. The van der Waals surface area contributed by atoms with Gasteiger partial charge in [0.1, 0.15) is 18.2 Å². The maximum absolute atomic E-state index is 6.31. The second-order valence-corrected chi connectivity index (χ2v) is 9.29. The van der Waals surface area contributed by atoms with Crippen molar-refractivity contribution in [1.82, 2.24) is 9.97 Å². The van der Waals surface area contributed by atoms with Gasteiger partial charge in [0.05, 0.1) is 19.4 Å². The van der Waals surface area contributed by atoms with Crippen molar-refractivity contribution in [3.63, 3.8) is 0 Å². The van der Waals surface area contributed by atoms with Crippen molar-refractivity contribution >= 4 is 11.8 Å². The Morgan fingerprint density at radius 1 is 0.914 bits per heavy atom. The van der Waals surface area contributed by atoms with E-state index >= 15 is 0 Å². The number of anilines is 1. The Balaban J connectivity index is 1.29. The smallest absolute Gasteiger partial charge is 0.283 e. The van der Waals surface area contributed by atoms with E-state index in [2.05, 4.69) is 22.0 Å². The number of aliphatic imine (C=N–C) groups is 1. The van der Waals surface area contributed by atoms with Gasteiger partial charge in [0.2, 0.25) is 0 Å². The Bertz CT molecular complexity index is 1310. The van der Waals surface area contributed by atoms with Gasteiger partial charge in [-0.15, -0.1) is 0 Å². The summed E-state index contributed by atoms with van der Waals surface area (Å²) in [6.45, 7) is 3.22. The van der Waals surface area contributed by atoms with Crippen LogP contribution in [0.1, 0.15) is 24.0 Å². The molecule has 0 unspecified atom stereocenters. The number of benzene rings is 1. The van der Waals surface area contributed by atoms with Crippen molar-refractivity contribution in [2.75, 3.05) is 37.8 Å². The fourth-order valence-electron chi connectivity index (χ4n) is 5.50. The van der Waals surface area contributed by atoms with E-state index in [0.29, 0.717) is 25.6 Å². The molecule has 178 valence electrons. The molecule has 0 bridgehead atoms. The van der Waals surface area contributed by atoms with Gasteiger partial charge in [0, 0.05) is 55.0 Å². The predicted molar refractivity (Wildman–Crippen MR) is 128 cm³/mol. The highest BCUT2D eigenvalue weighted by Crippen LogP contribution is 2.52. The molecule has 4 aliphatic rings.